The Balaban J connectivity index is 0.000000162. The van der Waals surface area contributed by atoms with Crippen molar-refractivity contribution in [1.82, 2.24) is 19.6 Å². The molecule has 6 atom stereocenters. The lowest BCUT2D eigenvalue weighted by Crippen LogP contribution is -2.16. The molecule has 0 radical (unpaired) electrons. The van der Waals surface area contributed by atoms with Gasteiger partial charge in [0.15, 0.2) is 0 Å². The number of benzene rings is 2. The van der Waals surface area contributed by atoms with E-state index >= 15 is 0 Å². The van der Waals surface area contributed by atoms with E-state index in [9.17, 15) is 27.2 Å². The number of fused-ring (bicyclic) bond motifs is 10. The van der Waals surface area contributed by atoms with Crippen LogP contribution < -0.4 is 10.6 Å². The van der Waals surface area contributed by atoms with Gasteiger partial charge in [0.05, 0.1) is 11.1 Å². The third kappa shape index (κ3) is 6.11. The lowest BCUT2D eigenvalue weighted by molar-refractivity contribution is 0.100. The van der Waals surface area contributed by atoms with Gasteiger partial charge in [-0.1, -0.05) is 52.0 Å². The van der Waals surface area contributed by atoms with Crippen molar-refractivity contribution in [3.8, 4) is 0 Å². The number of rotatable bonds is 8. The first-order valence-corrected chi connectivity index (χ1v) is 18.3. The molecule has 12 heteroatoms. The normalized spacial score (nSPS) is 23.7. The van der Waals surface area contributed by atoms with Crippen molar-refractivity contribution in [3.63, 3.8) is 0 Å². The summed E-state index contributed by atoms with van der Waals surface area (Å²) in [6.45, 7) is 9.02. The van der Waals surface area contributed by atoms with Crippen molar-refractivity contribution in [3.05, 3.63) is 93.6 Å². The minimum absolute atomic E-state index is 0.0660. The number of aromatic nitrogens is 4. The molecule has 4 unspecified atom stereocenters. The zero-order chi connectivity index (χ0) is 37.2. The summed E-state index contributed by atoms with van der Waals surface area (Å²) in [5.74, 6) is 3.26. The van der Waals surface area contributed by atoms with Crippen LogP contribution in [0.25, 0.3) is 0 Å². The summed E-state index contributed by atoms with van der Waals surface area (Å²) in [4.78, 5) is 25.4. The van der Waals surface area contributed by atoms with Crippen LogP contribution >= 0.6 is 0 Å². The Bertz CT molecular complexity index is 1860. The van der Waals surface area contributed by atoms with Gasteiger partial charge in [-0.05, 0) is 107 Å². The van der Waals surface area contributed by atoms with Gasteiger partial charge in [-0.25, -0.2) is 17.6 Å². The van der Waals surface area contributed by atoms with Crippen LogP contribution in [0.2, 0.25) is 0 Å². The Morgan fingerprint density at radius 3 is 1.35 bits per heavy atom. The molecule has 2 amide bonds. The molecule has 2 saturated carbocycles. The second-order valence-corrected chi connectivity index (χ2v) is 15.6. The molecular weight excluding hydrogens is 672 g/mol. The minimum atomic E-state index is -2.78. The average molecular weight is 719 g/mol. The maximum atomic E-state index is 13.2. The van der Waals surface area contributed by atoms with E-state index in [-0.39, 0.29) is 11.1 Å². The van der Waals surface area contributed by atoms with Crippen molar-refractivity contribution in [2.24, 2.45) is 37.8 Å². The number of nitrogens with one attached hydrogen (secondary N) is 2. The van der Waals surface area contributed by atoms with E-state index < -0.39 is 36.1 Å². The highest BCUT2D eigenvalue weighted by molar-refractivity contribution is 6.06. The molecule has 8 nitrogen and oxygen atoms in total. The quantitative estimate of drug-likeness (QED) is 0.178. The number of halogens is 4. The summed E-state index contributed by atoms with van der Waals surface area (Å²) in [6.07, 6.45) is 1.78. The number of carbonyl (C=O) groups excluding carboxylic acids is 2. The van der Waals surface area contributed by atoms with Gasteiger partial charge in [0.1, 0.15) is 11.4 Å². The van der Waals surface area contributed by atoms with Crippen LogP contribution in [0.1, 0.15) is 144 Å². The topological polar surface area (TPSA) is 93.8 Å². The Morgan fingerprint density at radius 2 is 1.00 bits per heavy atom. The first-order valence-electron chi connectivity index (χ1n) is 18.3. The van der Waals surface area contributed by atoms with Gasteiger partial charge in [-0.2, -0.15) is 10.2 Å². The zero-order valence-corrected chi connectivity index (χ0v) is 30.3. The average Bonchev–Trinajstić information content (AvgIpc) is 3.94. The molecule has 4 bridgehead atoms. The summed E-state index contributed by atoms with van der Waals surface area (Å²) in [5.41, 5.74) is 5.49. The Hall–Kier alpha value is -4.48. The van der Waals surface area contributed by atoms with Crippen LogP contribution in [0.3, 0.4) is 0 Å². The summed E-state index contributed by atoms with van der Waals surface area (Å²) in [5, 5.41) is 13.2. The van der Waals surface area contributed by atoms with Crippen molar-refractivity contribution < 1.29 is 27.2 Å². The first kappa shape index (κ1) is 35.9. The largest absolute Gasteiger partial charge is 0.322 e. The highest BCUT2D eigenvalue weighted by Gasteiger charge is 2.49. The second kappa shape index (κ2) is 13.8. The molecule has 2 N–H and O–H groups in total. The van der Waals surface area contributed by atoms with Crippen LogP contribution in [-0.2, 0) is 14.1 Å². The van der Waals surface area contributed by atoms with E-state index in [0.717, 1.165) is 24.2 Å². The number of nitrogens with zero attached hydrogens (tertiary/aromatic N) is 4. The van der Waals surface area contributed by atoms with Gasteiger partial charge >= 0.3 is 0 Å². The molecule has 0 aliphatic heterocycles. The lowest BCUT2D eigenvalue weighted by atomic mass is 9.85. The molecule has 8 rings (SSSR count). The summed E-state index contributed by atoms with van der Waals surface area (Å²) in [7, 11) is 3.07. The predicted molar refractivity (Wildman–Crippen MR) is 191 cm³/mol. The molecule has 4 aliphatic carbocycles. The summed E-state index contributed by atoms with van der Waals surface area (Å²) < 4.78 is 55.2. The number of hydrogen-bond donors (Lipinski definition) is 2. The van der Waals surface area contributed by atoms with Crippen molar-refractivity contribution in [2.75, 3.05) is 10.6 Å². The van der Waals surface area contributed by atoms with Crippen LogP contribution in [-0.4, -0.2) is 31.4 Å². The minimum Gasteiger partial charge on any atom is -0.322 e. The fraction of sp³-hybridized carbons (Fsp3) is 0.500. The van der Waals surface area contributed by atoms with E-state index in [1.807, 2.05) is 24.3 Å². The van der Waals surface area contributed by atoms with Crippen LogP contribution in [0.4, 0.5) is 28.9 Å². The van der Waals surface area contributed by atoms with Gasteiger partial charge in [0, 0.05) is 37.9 Å². The maximum absolute atomic E-state index is 13.2. The van der Waals surface area contributed by atoms with E-state index in [0.29, 0.717) is 47.3 Å². The van der Waals surface area contributed by atoms with Crippen LogP contribution in [0.15, 0.2) is 48.8 Å². The number of carbonyl (C=O) groups is 2. The highest BCUT2D eigenvalue weighted by Crippen LogP contribution is 2.62. The van der Waals surface area contributed by atoms with Gasteiger partial charge in [-0.3, -0.25) is 19.0 Å². The van der Waals surface area contributed by atoms with E-state index in [1.165, 1.54) is 70.9 Å². The number of hydrogen-bond acceptors (Lipinski definition) is 4. The highest BCUT2D eigenvalue weighted by atomic mass is 19.3. The van der Waals surface area contributed by atoms with Gasteiger partial charge in [-0.15, -0.1) is 0 Å². The Morgan fingerprint density at radius 1 is 0.635 bits per heavy atom. The van der Waals surface area contributed by atoms with Gasteiger partial charge < -0.3 is 10.6 Å². The van der Waals surface area contributed by atoms with E-state index in [4.69, 9.17) is 0 Å². The molecule has 52 heavy (non-hydrogen) atoms. The molecule has 276 valence electrons. The van der Waals surface area contributed by atoms with Crippen LogP contribution in [0.5, 0.6) is 0 Å². The number of amides is 2. The molecule has 4 aliphatic rings. The molecule has 4 aromatic rings. The molecule has 2 heterocycles. The number of alkyl halides is 4. The maximum Gasteiger partial charge on any atom is 0.282 e. The molecule has 0 spiro atoms. The third-order valence-corrected chi connectivity index (χ3v) is 11.9. The van der Waals surface area contributed by atoms with Gasteiger partial charge in [0.25, 0.3) is 24.7 Å². The second-order valence-electron chi connectivity index (χ2n) is 15.6. The van der Waals surface area contributed by atoms with Crippen LogP contribution in [0, 0.1) is 23.7 Å². The number of aryl methyl sites for hydroxylation is 2. The number of anilines is 2. The van der Waals surface area contributed by atoms with E-state index in [1.54, 1.807) is 0 Å². The summed E-state index contributed by atoms with van der Waals surface area (Å²) >= 11 is 0. The molecule has 0 saturated heterocycles. The van der Waals surface area contributed by atoms with Gasteiger partial charge in [0.2, 0.25) is 0 Å². The standard InChI is InChI=1S/2C20H23F2N3O/c2*1-10(2)16-12-7-8-13(16)17-11(12)5-4-6-15(17)23-20(26)14-9-25(3)24-18(14)19(21)22/h2*4-6,9-10,12-13,16,19H,7-8H2,1-3H3,(H,23,26)/t2*12?,13?,16-/m10/s1. The van der Waals surface area contributed by atoms with Crippen molar-refractivity contribution in [1.29, 1.82) is 0 Å². The van der Waals surface area contributed by atoms with Crippen molar-refractivity contribution in [2.45, 2.75) is 89.9 Å². The summed E-state index contributed by atoms with van der Waals surface area (Å²) in [6, 6.07) is 12.0. The molecular formula is C40H46F4N6O2. The predicted octanol–water partition coefficient (Wildman–Crippen LogP) is 9.71. The van der Waals surface area contributed by atoms with Crippen molar-refractivity contribution >= 4 is 23.2 Å². The molecule has 2 aromatic carbocycles. The third-order valence-electron chi connectivity index (χ3n) is 11.9. The fourth-order valence-electron chi connectivity index (χ4n) is 10.2. The fourth-order valence-corrected chi connectivity index (χ4v) is 10.2. The smallest absolute Gasteiger partial charge is 0.282 e. The monoisotopic (exact) mass is 718 g/mol. The SMILES string of the molecule is CC(C)[C@@H]1C2CCC1c1c(NC(=O)c3cn(C)nc3C(F)F)cccc12.CC(C)[C@H]1C2CCC1c1c(NC(=O)c3cn(C)nc3C(F)F)cccc12. The zero-order valence-electron chi connectivity index (χ0n) is 30.3. The Labute approximate surface area is 301 Å². The van der Waals surface area contributed by atoms with E-state index in [2.05, 4.69) is 60.7 Å². The Kier molecular flexibility index (Phi) is 9.54. The molecule has 2 aromatic heterocycles. The molecule has 2 fully saturated rings. The lowest BCUT2D eigenvalue weighted by Gasteiger charge is -2.21. The first-order chi connectivity index (χ1) is 24.8.